The van der Waals surface area contributed by atoms with Crippen molar-refractivity contribution in [2.75, 3.05) is 40.9 Å². The molecule has 0 aliphatic rings. The maximum Gasteiger partial charge on any atom is 0.472 e. The quantitative estimate of drug-likeness (QED) is 0.0244. The minimum atomic E-state index is -4.30. The van der Waals surface area contributed by atoms with Crippen molar-refractivity contribution < 1.29 is 32.9 Å². The first-order valence-electron chi connectivity index (χ1n) is 25.0. The van der Waals surface area contributed by atoms with E-state index in [9.17, 15) is 19.4 Å². The van der Waals surface area contributed by atoms with Crippen molar-refractivity contribution >= 4 is 13.7 Å². The van der Waals surface area contributed by atoms with Gasteiger partial charge in [0.2, 0.25) is 5.91 Å². The van der Waals surface area contributed by atoms with E-state index in [-0.39, 0.29) is 19.1 Å². The molecule has 60 heavy (non-hydrogen) atoms. The Balaban J connectivity index is 3.79. The molecule has 0 heterocycles. The lowest BCUT2D eigenvalue weighted by Gasteiger charge is -2.26. The number of aliphatic hydroxyl groups is 1. The molecule has 0 spiro atoms. The van der Waals surface area contributed by atoms with E-state index >= 15 is 0 Å². The number of nitrogens with zero attached hydrogens (tertiary/aromatic N) is 1. The lowest BCUT2D eigenvalue weighted by atomic mass is 10.0. The number of hydrogen-bond donors (Lipinski definition) is 3. The predicted octanol–water partition coefficient (Wildman–Crippen LogP) is 14.4. The molecule has 0 radical (unpaired) electrons. The number of amides is 1. The average Bonchev–Trinajstić information content (AvgIpc) is 3.20. The van der Waals surface area contributed by atoms with Gasteiger partial charge < -0.3 is 19.8 Å². The number of phosphoric ester groups is 1. The fourth-order valence-corrected chi connectivity index (χ4v) is 7.89. The van der Waals surface area contributed by atoms with E-state index in [0.717, 1.165) is 77.0 Å². The van der Waals surface area contributed by atoms with Crippen molar-refractivity contribution in [3.8, 4) is 0 Å². The summed E-state index contributed by atoms with van der Waals surface area (Å²) in [5.74, 6) is -0.150. The molecule has 0 bridgehead atoms. The molecule has 352 valence electrons. The normalized spacial score (nSPS) is 14.6. The van der Waals surface area contributed by atoms with Crippen LogP contribution in [-0.2, 0) is 18.4 Å². The maximum absolute atomic E-state index is 12.8. The first-order valence-corrected chi connectivity index (χ1v) is 26.5. The van der Waals surface area contributed by atoms with Gasteiger partial charge in [-0.3, -0.25) is 13.8 Å². The molecule has 0 aromatic carbocycles. The number of rotatable bonds is 45. The number of likely N-dealkylation sites (N-methyl/N-ethyl adjacent to an activating group) is 1. The number of unbranched alkanes of at least 4 members (excludes halogenated alkanes) is 24. The van der Waals surface area contributed by atoms with Gasteiger partial charge in [0.05, 0.1) is 39.9 Å². The molecule has 0 aromatic rings. The summed E-state index contributed by atoms with van der Waals surface area (Å²) < 4.78 is 23.5. The first kappa shape index (κ1) is 58.5. The largest absolute Gasteiger partial charge is 0.472 e. The third-order valence-electron chi connectivity index (χ3n) is 11.1. The van der Waals surface area contributed by atoms with Gasteiger partial charge in [-0.2, -0.15) is 0 Å². The molecule has 1 amide bonds. The number of hydrogen-bond acceptors (Lipinski definition) is 5. The fourth-order valence-electron chi connectivity index (χ4n) is 7.16. The number of allylic oxidation sites excluding steroid dienone is 8. The third kappa shape index (κ3) is 44.5. The molecular formula is C51H98N2O6P+. The number of aliphatic hydroxyl groups excluding tert-OH is 1. The zero-order chi connectivity index (χ0) is 44.3. The van der Waals surface area contributed by atoms with Gasteiger partial charge in [-0.05, 0) is 51.4 Å². The molecular weight excluding hydrogens is 768 g/mol. The van der Waals surface area contributed by atoms with E-state index in [1.165, 1.54) is 116 Å². The summed E-state index contributed by atoms with van der Waals surface area (Å²) in [4.78, 5) is 23.0. The molecule has 0 aliphatic carbocycles. The van der Waals surface area contributed by atoms with Gasteiger partial charge in [0.25, 0.3) is 0 Å². The van der Waals surface area contributed by atoms with Crippen LogP contribution in [-0.4, -0.2) is 73.4 Å². The Kier molecular flexibility index (Phi) is 41.6. The molecule has 0 saturated heterocycles. The Labute approximate surface area is 371 Å². The maximum atomic E-state index is 12.8. The summed E-state index contributed by atoms with van der Waals surface area (Å²) in [5, 5.41) is 13.8. The Morgan fingerprint density at radius 2 is 1.00 bits per heavy atom. The second-order valence-electron chi connectivity index (χ2n) is 18.2. The lowest BCUT2D eigenvalue weighted by Crippen LogP contribution is -2.46. The number of carbonyl (C=O) groups excluding carboxylic acids is 1. The van der Waals surface area contributed by atoms with E-state index in [4.69, 9.17) is 9.05 Å². The van der Waals surface area contributed by atoms with Crippen LogP contribution in [0.25, 0.3) is 0 Å². The van der Waals surface area contributed by atoms with Crippen LogP contribution in [0.2, 0.25) is 0 Å². The summed E-state index contributed by atoms with van der Waals surface area (Å²) in [6.07, 6.45) is 55.0. The Hall–Kier alpha value is -1.54. The molecule has 3 unspecified atom stereocenters. The Morgan fingerprint density at radius 3 is 1.47 bits per heavy atom. The van der Waals surface area contributed by atoms with E-state index in [1.807, 2.05) is 21.1 Å². The van der Waals surface area contributed by atoms with Crippen molar-refractivity contribution in [2.45, 2.75) is 231 Å². The van der Waals surface area contributed by atoms with Crippen LogP contribution in [0.15, 0.2) is 48.6 Å². The highest BCUT2D eigenvalue weighted by atomic mass is 31.2. The Morgan fingerprint density at radius 1 is 0.583 bits per heavy atom. The second-order valence-corrected chi connectivity index (χ2v) is 19.6. The highest BCUT2D eigenvalue weighted by Crippen LogP contribution is 2.43. The average molecular weight is 866 g/mol. The van der Waals surface area contributed by atoms with Gasteiger partial charge >= 0.3 is 7.82 Å². The van der Waals surface area contributed by atoms with Crippen LogP contribution in [0.5, 0.6) is 0 Å². The molecule has 3 atom stereocenters. The lowest BCUT2D eigenvalue weighted by molar-refractivity contribution is -0.870. The smallest absolute Gasteiger partial charge is 0.391 e. The van der Waals surface area contributed by atoms with E-state index < -0.39 is 20.0 Å². The van der Waals surface area contributed by atoms with Crippen molar-refractivity contribution in [3.63, 3.8) is 0 Å². The van der Waals surface area contributed by atoms with Crippen molar-refractivity contribution in [3.05, 3.63) is 48.6 Å². The standard InChI is InChI=1S/C51H97N2O6P/c1-6-8-10-12-13-14-15-16-17-18-19-20-21-22-23-24-25-26-27-28-29-30-31-32-33-34-35-36-37-38-39-41-43-45-51(55)52-49(50(54)44-42-40-11-9-7-2)48-59-60(56,57)58-47-46-53(3,4)5/h8,10,13-14,16-17,19-20,49-50,54H,6-7,9,11-12,15,18,21-48H2,1-5H3,(H-,52,55,56,57)/p+1/b10-8-,14-13-,17-16-,20-19-. The van der Waals surface area contributed by atoms with Crippen LogP contribution in [0, 0.1) is 0 Å². The van der Waals surface area contributed by atoms with Crippen LogP contribution in [0.4, 0.5) is 0 Å². The highest BCUT2D eigenvalue weighted by Gasteiger charge is 2.28. The van der Waals surface area contributed by atoms with E-state index in [1.54, 1.807) is 0 Å². The molecule has 0 rings (SSSR count). The van der Waals surface area contributed by atoms with Gasteiger partial charge in [-0.1, -0.05) is 210 Å². The van der Waals surface area contributed by atoms with E-state index in [2.05, 4.69) is 67.8 Å². The van der Waals surface area contributed by atoms with Gasteiger partial charge in [0.1, 0.15) is 13.2 Å². The summed E-state index contributed by atoms with van der Waals surface area (Å²) in [5.41, 5.74) is 0. The number of phosphoric acid groups is 1. The van der Waals surface area contributed by atoms with Crippen molar-refractivity contribution in [2.24, 2.45) is 0 Å². The zero-order valence-corrected chi connectivity index (χ0v) is 40.8. The van der Waals surface area contributed by atoms with Crippen LogP contribution >= 0.6 is 7.82 Å². The van der Waals surface area contributed by atoms with E-state index in [0.29, 0.717) is 23.9 Å². The van der Waals surface area contributed by atoms with Crippen LogP contribution in [0.3, 0.4) is 0 Å². The number of quaternary nitrogens is 1. The molecule has 0 aromatic heterocycles. The predicted molar refractivity (Wildman–Crippen MR) is 258 cm³/mol. The zero-order valence-electron chi connectivity index (χ0n) is 39.9. The number of carbonyl (C=O) groups is 1. The molecule has 3 N–H and O–H groups in total. The molecule has 9 heteroatoms. The van der Waals surface area contributed by atoms with Gasteiger partial charge in [-0.15, -0.1) is 0 Å². The van der Waals surface area contributed by atoms with Crippen molar-refractivity contribution in [1.29, 1.82) is 0 Å². The fraction of sp³-hybridized carbons (Fsp3) is 0.824. The van der Waals surface area contributed by atoms with Gasteiger partial charge in [-0.25, -0.2) is 4.57 Å². The molecule has 0 saturated carbocycles. The highest BCUT2D eigenvalue weighted by molar-refractivity contribution is 7.47. The first-order chi connectivity index (χ1) is 29.0. The number of nitrogens with one attached hydrogen (secondary N) is 1. The monoisotopic (exact) mass is 866 g/mol. The summed E-state index contributed by atoms with van der Waals surface area (Å²) in [6.45, 7) is 4.69. The molecule has 8 nitrogen and oxygen atoms in total. The van der Waals surface area contributed by atoms with Gasteiger partial charge in [0.15, 0.2) is 0 Å². The molecule has 0 fully saturated rings. The van der Waals surface area contributed by atoms with Gasteiger partial charge in [0, 0.05) is 6.42 Å². The molecule has 0 aliphatic heterocycles. The minimum Gasteiger partial charge on any atom is -0.391 e. The summed E-state index contributed by atoms with van der Waals surface area (Å²) >= 11 is 0. The van der Waals surface area contributed by atoms with Crippen LogP contribution in [0.1, 0.15) is 219 Å². The SMILES string of the molecule is CC/C=C\C/C=C\C/C=C\C/C=C\CCCCCCCCCCCCCCCCCCCCCCC(=O)NC(COP(=O)(O)OCC[N+](C)(C)C)C(O)CCCCCCC. The second kappa shape index (κ2) is 42.7. The minimum absolute atomic E-state index is 0.0742. The Bertz CT molecular complexity index is 1120. The third-order valence-corrected chi connectivity index (χ3v) is 12.1. The topological polar surface area (TPSA) is 105 Å². The van der Waals surface area contributed by atoms with Crippen LogP contribution < -0.4 is 5.32 Å². The summed E-state index contributed by atoms with van der Waals surface area (Å²) in [7, 11) is 1.61. The van der Waals surface area contributed by atoms with Crippen molar-refractivity contribution in [1.82, 2.24) is 5.32 Å². The summed E-state index contributed by atoms with van der Waals surface area (Å²) in [6, 6.07) is -0.755.